The summed E-state index contributed by atoms with van der Waals surface area (Å²) < 4.78 is 0. The van der Waals surface area contributed by atoms with E-state index in [1.807, 2.05) is 19.1 Å². The van der Waals surface area contributed by atoms with Crippen LogP contribution in [0.5, 0.6) is 0 Å². The van der Waals surface area contributed by atoms with E-state index in [1.54, 1.807) is 22.9 Å². The lowest BCUT2D eigenvalue weighted by Crippen LogP contribution is -2.51. The molecule has 1 saturated heterocycles. The molecule has 0 saturated carbocycles. The molecule has 1 aromatic rings. The van der Waals surface area contributed by atoms with E-state index in [2.05, 4.69) is 10.3 Å². The summed E-state index contributed by atoms with van der Waals surface area (Å²) in [6, 6.07) is 3.37. The third-order valence-corrected chi connectivity index (χ3v) is 4.41. The molecule has 0 aliphatic carbocycles. The van der Waals surface area contributed by atoms with Crippen molar-refractivity contribution in [2.75, 3.05) is 18.1 Å². The van der Waals surface area contributed by atoms with Crippen molar-refractivity contribution in [3.8, 4) is 0 Å². The molecular formula is C14H19N3O3S. The van der Waals surface area contributed by atoms with Gasteiger partial charge in [-0.2, -0.15) is 11.8 Å². The topological polar surface area (TPSA) is 82.5 Å². The summed E-state index contributed by atoms with van der Waals surface area (Å²) in [5, 5.41) is 11.8. The average molecular weight is 309 g/mol. The number of rotatable bonds is 4. The maximum atomic E-state index is 12.2. The smallest absolute Gasteiger partial charge is 0.317 e. The molecule has 2 heterocycles. The third-order valence-electron chi connectivity index (χ3n) is 3.32. The number of hydrogen-bond donors (Lipinski definition) is 2. The number of carbonyl (C=O) groups excluding carboxylic acids is 1. The van der Waals surface area contributed by atoms with E-state index in [9.17, 15) is 9.59 Å². The van der Waals surface area contributed by atoms with Gasteiger partial charge in [0.1, 0.15) is 0 Å². The van der Waals surface area contributed by atoms with Crippen LogP contribution in [0.4, 0.5) is 4.79 Å². The molecule has 1 aromatic heterocycles. The first kappa shape index (κ1) is 15.6. The van der Waals surface area contributed by atoms with E-state index in [1.165, 1.54) is 0 Å². The SMILES string of the molecule is Cc1ccc(CNC(=O)N2CCSCC2CC(=O)O)cn1. The summed E-state index contributed by atoms with van der Waals surface area (Å²) in [6.07, 6.45) is 1.73. The monoisotopic (exact) mass is 309 g/mol. The summed E-state index contributed by atoms with van der Waals surface area (Å²) in [4.78, 5) is 28.9. The summed E-state index contributed by atoms with van der Waals surface area (Å²) >= 11 is 1.69. The molecular weight excluding hydrogens is 290 g/mol. The van der Waals surface area contributed by atoms with Crippen molar-refractivity contribution in [3.05, 3.63) is 29.6 Å². The normalized spacial score (nSPS) is 18.3. The van der Waals surface area contributed by atoms with Crippen molar-refractivity contribution in [1.29, 1.82) is 0 Å². The lowest BCUT2D eigenvalue weighted by Gasteiger charge is -2.34. The van der Waals surface area contributed by atoms with Crippen LogP contribution in [-0.2, 0) is 11.3 Å². The Labute approximate surface area is 127 Å². The zero-order valence-electron chi connectivity index (χ0n) is 11.9. The molecule has 0 bridgehead atoms. The molecule has 6 nitrogen and oxygen atoms in total. The Hall–Kier alpha value is -1.76. The number of urea groups is 1. The number of carbonyl (C=O) groups is 2. The first-order valence-corrected chi connectivity index (χ1v) is 7.97. The lowest BCUT2D eigenvalue weighted by atomic mass is 10.2. The molecule has 0 radical (unpaired) electrons. The minimum atomic E-state index is -0.872. The van der Waals surface area contributed by atoms with Crippen molar-refractivity contribution in [2.45, 2.75) is 25.9 Å². The summed E-state index contributed by atoms with van der Waals surface area (Å²) in [5.41, 5.74) is 1.86. The standard InChI is InChI=1S/C14H19N3O3S/c1-10-2-3-11(7-15-10)8-16-14(20)17-4-5-21-9-12(17)6-13(18)19/h2-3,7,12H,4-6,8-9H2,1H3,(H,16,20)(H,18,19). The predicted molar refractivity (Wildman–Crippen MR) is 81.3 cm³/mol. The van der Waals surface area contributed by atoms with Crippen LogP contribution in [0.3, 0.4) is 0 Å². The number of nitrogens with one attached hydrogen (secondary N) is 1. The number of amides is 2. The van der Waals surface area contributed by atoms with E-state index in [0.29, 0.717) is 18.8 Å². The van der Waals surface area contributed by atoms with Gasteiger partial charge in [0, 0.05) is 36.5 Å². The summed E-state index contributed by atoms with van der Waals surface area (Å²) in [7, 11) is 0. The zero-order chi connectivity index (χ0) is 15.2. The second-order valence-corrected chi connectivity index (χ2v) is 6.14. The maximum Gasteiger partial charge on any atom is 0.317 e. The number of nitrogens with zero attached hydrogens (tertiary/aromatic N) is 2. The highest BCUT2D eigenvalue weighted by atomic mass is 32.2. The highest BCUT2D eigenvalue weighted by molar-refractivity contribution is 7.99. The maximum absolute atomic E-state index is 12.2. The minimum absolute atomic E-state index is 0.00743. The number of aromatic nitrogens is 1. The number of carboxylic acids is 1. The number of aliphatic carboxylic acids is 1. The Morgan fingerprint density at radius 3 is 3.00 bits per heavy atom. The van der Waals surface area contributed by atoms with Crippen LogP contribution in [0.2, 0.25) is 0 Å². The number of thioether (sulfide) groups is 1. The molecule has 7 heteroatoms. The van der Waals surface area contributed by atoms with Gasteiger partial charge in [-0.05, 0) is 18.6 Å². The average Bonchev–Trinajstić information content (AvgIpc) is 2.46. The first-order chi connectivity index (χ1) is 10.1. The molecule has 114 valence electrons. The van der Waals surface area contributed by atoms with Crippen LogP contribution in [0.25, 0.3) is 0 Å². The number of pyridine rings is 1. The van der Waals surface area contributed by atoms with Gasteiger partial charge in [-0.15, -0.1) is 0 Å². The second-order valence-electron chi connectivity index (χ2n) is 4.99. The second kappa shape index (κ2) is 7.31. The van der Waals surface area contributed by atoms with Crippen molar-refractivity contribution in [2.24, 2.45) is 0 Å². The molecule has 21 heavy (non-hydrogen) atoms. The van der Waals surface area contributed by atoms with Crippen LogP contribution in [0.1, 0.15) is 17.7 Å². The fourth-order valence-electron chi connectivity index (χ4n) is 2.18. The largest absolute Gasteiger partial charge is 0.481 e. The van der Waals surface area contributed by atoms with Crippen LogP contribution < -0.4 is 5.32 Å². The molecule has 2 N–H and O–H groups in total. The van der Waals surface area contributed by atoms with E-state index >= 15 is 0 Å². The van der Waals surface area contributed by atoms with Crippen LogP contribution >= 0.6 is 11.8 Å². The quantitative estimate of drug-likeness (QED) is 0.880. The van der Waals surface area contributed by atoms with Crippen molar-refractivity contribution < 1.29 is 14.7 Å². The van der Waals surface area contributed by atoms with Crippen LogP contribution in [-0.4, -0.2) is 51.1 Å². The highest BCUT2D eigenvalue weighted by Crippen LogP contribution is 2.19. The van der Waals surface area contributed by atoms with E-state index in [4.69, 9.17) is 5.11 Å². The number of hydrogen-bond acceptors (Lipinski definition) is 4. The zero-order valence-corrected chi connectivity index (χ0v) is 12.7. The fraction of sp³-hybridized carbons (Fsp3) is 0.500. The molecule has 1 unspecified atom stereocenters. The van der Waals surface area contributed by atoms with E-state index < -0.39 is 5.97 Å². The molecule has 2 amide bonds. The van der Waals surface area contributed by atoms with Gasteiger partial charge in [-0.25, -0.2) is 4.79 Å². The highest BCUT2D eigenvalue weighted by Gasteiger charge is 2.28. The van der Waals surface area contributed by atoms with Gasteiger partial charge in [0.25, 0.3) is 0 Å². The molecule has 1 aliphatic rings. The Kier molecular flexibility index (Phi) is 5.44. The van der Waals surface area contributed by atoms with Crippen molar-refractivity contribution in [3.63, 3.8) is 0 Å². The first-order valence-electron chi connectivity index (χ1n) is 6.82. The van der Waals surface area contributed by atoms with E-state index in [0.717, 1.165) is 17.0 Å². The fourth-order valence-corrected chi connectivity index (χ4v) is 3.24. The van der Waals surface area contributed by atoms with Crippen molar-refractivity contribution in [1.82, 2.24) is 15.2 Å². The van der Waals surface area contributed by atoms with Crippen LogP contribution in [0.15, 0.2) is 18.3 Å². The summed E-state index contributed by atoms with van der Waals surface area (Å²) in [5.74, 6) is 0.643. The Morgan fingerprint density at radius 2 is 2.33 bits per heavy atom. The van der Waals surface area contributed by atoms with Gasteiger partial charge in [-0.3, -0.25) is 9.78 Å². The van der Waals surface area contributed by atoms with Gasteiger partial charge < -0.3 is 15.3 Å². The van der Waals surface area contributed by atoms with Gasteiger partial charge in [-0.1, -0.05) is 6.07 Å². The Balaban J connectivity index is 1.91. The Bertz CT molecular complexity index is 507. The van der Waals surface area contributed by atoms with Crippen molar-refractivity contribution >= 4 is 23.8 Å². The van der Waals surface area contributed by atoms with Gasteiger partial charge in [0.05, 0.1) is 12.5 Å². The summed E-state index contributed by atoms with van der Waals surface area (Å²) in [6.45, 7) is 2.89. The Morgan fingerprint density at radius 1 is 1.52 bits per heavy atom. The van der Waals surface area contributed by atoms with Gasteiger partial charge in [0.15, 0.2) is 0 Å². The molecule has 1 atom stereocenters. The molecule has 1 fully saturated rings. The number of aryl methyl sites for hydroxylation is 1. The molecule has 0 spiro atoms. The van der Waals surface area contributed by atoms with Gasteiger partial charge in [0.2, 0.25) is 0 Å². The minimum Gasteiger partial charge on any atom is -0.481 e. The lowest BCUT2D eigenvalue weighted by molar-refractivity contribution is -0.138. The molecule has 1 aliphatic heterocycles. The van der Waals surface area contributed by atoms with Gasteiger partial charge >= 0.3 is 12.0 Å². The molecule has 2 rings (SSSR count). The van der Waals surface area contributed by atoms with Crippen LogP contribution in [0, 0.1) is 6.92 Å². The predicted octanol–water partition coefficient (Wildman–Crippen LogP) is 1.49. The number of carboxylic acid groups (broad SMARTS) is 1. The third kappa shape index (κ3) is 4.63. The molecule has 0 aromatic carbocycles. The van der Waals surface area contributed by atoms with E-state index in [-0.39, 0.29) is 18.5 Å².